The zero-order valence-corrected chi connectivity index (χ0v) is 15.8. The van der Waals surface area contributed by atoms with Gasteiger partial charge in [0.2, 0.25) is 0 Å². The quantitative estimate of drug-likeness (QED) is 0.567. The molecule has 1 aliphatic heterocycles. The molecule has 3 atom stereocenters. The number of carbonyl (C=O) groups excluding carboxylic acids is 1. The molecule has 0 aromatic heterocycles. The number of ether oxygens (including phenoxy) is 1. The number of esters is 1. The Labute approximate surface area is 152 Å². The molecule has 1 aromatic carbocycles. The van der Waals surface area contributed by atoms with Crippen LogP contribution in [0.5, 0.6) is 0 Å². The van der Waals surface area contributed by atoms with Crippen LogP contribution in [0.1, 0.15) is 51.5 Å². The lowest BCUT2D eigenvalue weighted by Crippen LogP contribution is -2.40. The summed E-state index contributed by atoms with van der Waals surface area (Å²) in [5, 5.41) is 0. The monoisotopic (exact) mass is 341 g/mol. The third-order valence-electron chi connectivity index (χ3n) is 5.73. The van der Waals surface area contributed by atoms with E-state index in [1.165, 1.54) is 6.42 Å². The van der Waals surface area contributed by atoms with Gasteiger partial charge >= 0.3 is 5.97 Å². The molecule has 1 aromatic rings. The summed E-state index contributed by atoms with van der Waals surface area (Å²) >= 11 is 0. The number of nitrogens with zero attached hydrogens (tertiary/aromatic N) is 1. The van der Waals surface area contributed by atoms with Crippen LogP contribution in [-0.2, 0) is 9.53 Å². The Balaban J connectivity index is 1.60. The third-order valence-corrected chi connectivity index (χ3v) is 5.73. The molecule has 3 heteroatoms. The smallest absolute Gasteiger partial charge is 0.314 e. The van der Waals surface area contributed by atoms with Crippen molar-refractivity contribution in [2.45, 2.75) is 51.5 Å². The van der Waals surface area contributed by atoms with E-state index in [0.717, 1.165) is 31.5 Å². The highest BCUT2D eigenvalue weighted by Gasteiger charge is 2.36. The zero-order valence-electron chi connectivity index (χ0n) is 15.8. The van der Waals surface area contributed by atoms with E-state index >= 15 is 0 Å². The number of likely N-dealkylation sites (tertiary alicyclic amines) is 1. The minimum atomic E-state index is -0.175. The maximum absolute atomic E-state index is 12.9. The Kier molecular flexibility index (Phi) is 5.63. The highest BCUT2D eigenvalue weighted by Crippen LogP contribution is 2.35. The van der Waals surface area contributed by atoms with Crippen LogP contribution in [0.4, 0.5) is 0 Å². The van der Waals surface area contributed by atoms with E-state index in [4.69, 9.17) is 4.74 Å². The summed E-state index contributed by atoms with van der Waals surface area (Å²) < 4.78 is 5.75. The van der Waals surface area contributed by atoms with Gasteiger partial charge < -0.3 is 4.74 Å². The second-order valence-corrected chi connectivity index (χ2v) is 8.29. The molecule has 136 valence electrons. The molecule has 3 rings (SSSR count). The summed E-state index contributed by atoms with van der Waals surface area (Å²) in [5.74, 6) is 0.725. The van der Waals surface area contributed by atoms with Crippen molar-refractivity contribution >= 4 is 5.97 Å². The molecule has 0 amide bonds. The van der Waals surface area contributed by atoms with Gasteiger partial charge in [-0.1, -0.05) is 49.4 Å². The molecule has 0 bridgehead atoms. The minimum absolute atomic E-state index is 0.0761. The van der Waals surface area contributed by atoms with Gasteiger partial charge in [-0.05, 0) is 50.5 Å². The molecule has 3 unspecified atom stereocenters. The Morgan fingerprint density at radius 2 is 2.08 bits per heavy atom. The molecular formula is C22H31NO2. The summed E-state index contributed by atoms with van der Waals surface area (Å²) in [6, 6.07) is 10.1. The lowest BCUT2D eigenvalue weighted by Gasteiger charge is -2.31. The first-order valence-electron chi connectivity index (χ1n) is 9.60. The van der Waals surface area contributed by atoms with Gasteiger partial charge in [-0.15, -0.1) is 0 Å². The normalized spacial score (nSPS) is 26.7. The van der Waals surface area contributed by atoms with Crippen molar-refractivity contribution in [3.63, 3.8) is 0 Å². The largest absolute Gasteiger partial charge is 0.464 e. The van der Waals surface area contributed by atoms with Gasteiger partial charge in [-0.25, -0.2) is 0 Å². The van der Waals surface area contributed by atoms with Crippen molar-refractivity contribution in [2.75, 3.05) is 19.7 Å². The lowest BCUT2D eigenvalue weighted by atomic mass is 9.85. The van der Waals surface area contributed by atoms with Crippen LogP contribution in [0, 0.1) is 11.8 Å². The lowest BCUT2D eigenvalue weighted by molar-refractivity contribution is -0.147. The molecule has 1 fully saturated rings. The fourth-order valence-corrected chi connectivity index (χ4v) is 4.56. The van der Waals surface area contributed by atoms with Gasteiger partial charge in [-0.2, -0.15) is 0 Å². The Bertz CT molecular complexity index is 608. The number of rotatable bonds is 6. The zero-order chi connectivity index (χ0) is 17.9. The molecule has 2 aliphatic rings. The van der Waals surface area contributed by atoms with Crippen molar-refractivity contribution < 1.29 is 9.53 Å². The van der Waals surface area contributed by atoms with Crippen molar-refractivity contribution in [1.82, 2.24) is 4.90 Å². The van der Waals surface area contributed by atoms with E-state index in [1.807, 2.05) is 30.3 Å². The van der Waals surface area contributed by atoms with Gasteiger partial charge in [0, 0.05) is 18.6 Å². The van der Waals surface area contributed by atoms with Crippen LogP contribution in [-0.4, -0.2) is 36.1 Å². The SMILES string of the molecule is CC1CN(CCOC(=O)C(c2ccccc2)C2C=CCC2)C(C)(C)C1. The van der Waals surface area contributed by atoms with Crippen molar-refractivity contribution in [3.05, 3.63) is 48.0 Å². The maximum Gasteiger partial charge on any atom is 0.314 e. The number of benzene rings is 1. The van der Waals surface area contributed by atoms with Crippen molar-refractivity contribution in [2.24, 2.45) is 11.8 Å². The molecule has 0 N–H and O–H groups in total. The van der Waals surface area contributed by atoms with Gasteiger partial charge in [0.05, 0.1) is 5.92 Å². The topological polar surface area (TPSA) is 29.5 Å². The third kappa shape index (κ3) is 4.33. The molecule has 3 nitrogen and oxygen atoms in total. The first kappa shape index (κ1) is 18.2. The fraction of sp³-hybridized carbons (Fsp3) is 0.591. The van der Waals surface area contributed by atoms with E-state index in [9.17, 15) is 4.79 Å². The molecule has 0 radical (unpaired) electrons. The number of hydrogen-bond acceptors (Lipinski definition) is 3. The highest BCUT2D eigenvalue weighted by molar-refractivity contribution is 5.79. The summed E-state index contributed by atoms with van der Waals surface area (Å²) in [4.78, 5) is 15.3. The predicted molar refractivity (Wildman–Crippen MR) is 101 cm³/mol. The molecule has 25 heavy (non-hydrogen) atoms. The predicted octanol–water partition coefficient (Wildman–Crippen LogP) is 4.40. The van der Waals surface area contributed by atoms with Crippen LogP contribution in [0.3, 0.4) is 0 Å². The summed E-state index contributed by atoms with van der Waals surface area (Å²) in [5.41, 5.74) is 1.28. The average molecular weight is 341 g/mol. The van der Waals surface area contributed by atoms with Crippen molar-refractivity contribution in [3.8, 4) is 0 Å². The van der Waals surface area contributed by atoms with Gasteiger partial charge in [0.1, 0.15) is 6.61 Å². The van der Waals surface area contributed by atoms with E-state index in [0.29, 0.717) is 12.5 Å². The van der Waals surface area contributed by atoms with Crippen LogP contribution in [0.2, 0.25) is 0 Å². The van der Waals surface area contributed by atoms with Gasteiger partial charge in [-0.3, -0.25) is 9.69 Å². The standard InChI is InChI=1S/C22H31NO2/c1-17-15-22(2,3)23(16-17)13-14-25-21(24)20(19-11-7-8-12-19)18-9-5-4-6-10-18/h4-7,9-11,17,19-20H,8,12-16H2,1-3H3. The molecule has 1 saturated heterocycles. The minimum Gasteiger partial charge on any atom is -0.464 e. The van der Waals surface area contributed by atoms with E-state index in [2.05, 4.69) is 37.8 Å². The summed E-state index contributed by atoms with van der Waals surface area (Å²) in [6.45, 7) is 9.27. The second-order valence-electron chi connectivity index (χ2n) is 8.29. The first-order chi connectivity index (χ1) is 12.0. The van der Waals surface area contributed by atoms with Crippen LogP contribution in [0.15, 0.2) is 42.5 Å². The van der Waals surface area contributed by atoms with Crippen LogP contribution in [0.25, 0.3) is 0 Å². The molecule has 0 spiro atoms. The van der Waals surface area contributed by atoms with Crippen LogP contribution < -0.4 is 0 Å². The van der Waals surface area contributed by atoms with E-state index in [-0.39, 0.29) is 23.3 Å². The molecule has 1 aliphatic carbocycles. The Morgan fingerprint density at radius 1 is 1.32 bits per heavy atom. The highest BCUT2D eigenvalue weighted by atomic mass is 16.5. The van der Waals surface area contributed by atoms with E-state index in [1.54, 1.807) is 0 Å². The Hall–Kier alpha value is -1.61. The molecule has 0 saturated carbocycles. The number of allylic oxidation sites excluding steroid dienone is 2. The summed E-state index contributed by atoms with van der Waals surface area (Å²) in [6.07, 6.45) is 7.67. The van der Waals surface area contributed by atoms with Crippen molar-refractivity contribution in [1.29, 1.82) is 0 Å². The molecule has 1 heterocycles. The first-order valence-corrected chi connectivity index (χ1v) is 9.60. The fourth-order valence-electron chi connectivity index (χ4n) is 4.56. The van der Waals surface area contributed by atoms with Gasteiger partial charge in [0.25, 0.3) is 0 Å². The number of hydrogen-bond donors (Lipinski definition) is 0. The van der Waals surface area contributed by atoms with Crippen LogP contribution >= 0.6 is 0 Å². The van der Waals surface area contributed by atoms with E-state index < -0.39 is 0 Å². The maximum atomic E-state index is 12.9. The second kappa shape index (κ2) is 7.74. The van der Waals surface area contributed by atoms with Gasteiger partial charge in [0.15, 0.2) is 0 Å². The molecular weight excluding hydrogens is 310 g/mol. The number of carbonyl (C=O) groups is 1. The average Bonchev–Trinajstić information content (AvgIpc) is 3.17. The summed E-state index contributed by atoms with van der Waals surface area (Å²) in [7, 11) is 0. The Morgan fingerprint density at radius 3 is 2.68 bits per heavy atom.